The lowest BCUT2D eigenvalue weighted by Crippen LogP contribution is -2.44. The summed E-state index contributed by atoms with van der Waals surface area (Å²) in [6.07, 6.45) is 3.59. The molecule has 28 heavy (non-hydrogen) atoms. The molecule has 0 spiro atoms. The lowest BCUT2D eigenvalue weighted by atomic mass is 10.1. The number of hydrogen-bond acceptors (Lipinski definition) is 5. The van der Waals surface area contributed by atoms with Crippen LogP contribution in [0.3, 0.4) is 0 Å². The van der Waals surface area contributed by atoms with Gasteiger partial charge in [-0.15, -0.1) is 0 Å². The molecule has 3 N–H and O–H groups in total. The molecule has 2 aromatic rings. The van der Waals surface area contributed by atoms with E-state index >= 15 is 0 Å². The molecule has 2 amide bonds. The summed E-state index contributed by atoms with van der Waals surface area (Å²) in [5.74, 6) is -1.88. The van der Waals surface area contributed by atoms with Gasteiger partial charge in [0.1, 0.15) is 11.7 Å². The Labute approximate surface area is 174 Å². The lowest BCUT2D eigenvalue weighted by molar-refractivity contribution is -0.141. The average molecular weight is 467 g/mol. The van der Waals surface area contributed by atoms with Crippen LogP contribution in [0, 0.1) is 0 Å². The SMILES string of the molecule is CSCCC(NC(=O)C(=Cc1ccccc1)NC(=O)c1ccc(Br)o1)C(=O)O. The van der Waals surface area contributed by atoms with E-state index in [1.54, 1.807) is 30.3 Å². The largest absolute Gasteiger partial charge is 0.480 e. The third kappa shape index (κ3) is 6.58. The molecule has 0 aliphatic rings. The molecule has 0 aliphatic heterocycles. The monoisotopic (exact) mass is 466 g/mol. The van der Waals surface area contributed by atoms with Crippen LogP contribution in [0.5, 0.6) is 0 Å². The molecule has 1 unspecified atom stereocenters. The topological polar surface area (TPSA) is 109 Å². The lowest BCUT2D eigenvalue weighted by Gasteiger charge is -2.16. The van der Waals surface area contributed by atoms with Gasteiger partial charge in [0.25, 0.3) is 11.8 Å². The average Bonchev–Trinajstić information content (AvgIpc) is 3.11. The van der Waals surface area contributed by atoms with E-state index in [4.69, 9.17) is 4.42 Å². The third-order valence-electron chi connectivity index (χ3n) is 3.61. The normalized spacial score (nSPS) is 12.3. The molecule has 148 valence electrons. The first-order valence-corrected chi connectivity index (χ1v) is 10.5. The zero-order valence-corrected chi connectivity index (χ0v) is 17.4. The van der Waals surface area contributed by atoms with E-state index in [9.17, 15) is 19.5 Å². The number of halogens is 1. The van der Waals surface area contributed by atoms with E-state index < -0.39 is 23.8 Å². The number of carbonyl (C=O) groups excluding carboxylic acids is 2. The molecule has 1 aromatic heterocycles. The maximum absolute atomic E-state index is 12.7. The number of benzene rings is 1. The van der Waals surface area contributed by atoms with Crippen LogP contribution in [0.1, 0.15) is 22.5 Å². The van der Waals surface area contributed by atoms with Gasteiger partial charge in [-0.25, -0.2) is 4.79 Å². The van der Waals surface area contributed by atoms with E-state index in [2.05, 4.69) is 26.6 Å². The second kappa shape index (κ2) is 10.7. The molecular formula is C19H19BrN2O5S. The summed E-state index contributed by atoms with van der Waals surface area (Å²) < 4.78 is 5.57. The van der Waals surface area contributed by atoms with Gasteiger partial charge in [0.05, 0.1) is 0 Å². The number of furan rings is 1. The first-order chi connectivity index (χ1) is 13.4. The van der Waals surface area contributed by atoms with Crippen LogP contribution in [0.4, 0.5) is 0 Å². The summed E-state index contributed by atoms with van der Waals surface area (Å²) in [5, 5.41) is 14.3. The van der Waals surface area contributed by atoms with Gasteiger partial charge in [0.15, 0.2) is 10.4 Å². The highest BCUT2D eigenvalue weighted by Gasteiger charge is 2.23. The van der Waals surface area contributed by atoms with E-state index in [1.165, 1.54) is 23.9 Å². The zero-order chi connectivity index (χ0) is 20.5. The number of carbonyl (C=O) groups is 3. The maximum Gasteiger partial charge on any atom is 0.326 e. The Bertz CT molecular complexity index is 866. The second-order valence-electron chi connectivity index (χ2n) is 5.67. The van der Waals surface area contributed by atoms with Crippen molar-refractivity contribution in [2.75, 3.05) is 12.0 Å². The Kier molecular flexibility index (Phi) is 8.34. The van der Waals surface area contributed by atoms with Crippen molar-refractivity contribution in [3.05, 3.63) is 64.2 Å². The predicted molar refractivity (Wildman–Crippen MR) is 111 cm³/mol. The van der Waals surface area contributed by atoms with Gasteiger partial charge in [0, 0.05) is 0 Å². The molecule has 0 bridgehead atoms. The Balaban J connectivity index is 2.24. The number of rotatable bonds is 9. The first kappa shape index (κ1) is 21.8. The van der Waals surface area contributed by atoms with Crippen LogP contribution in [-0.2, 0) is 9.59 Å². The highest BCUT2D eigenvalue weighted by atomic mass is 79.9. The van der Waals surface area contributed by atoms with Crippen molar-refractivity contribution in [1.82, 2.24) is 10.6 Å². The molecule has 1 atom stereocenters. The van der Waals surface area contributed by atoms with Gasteiger partial charge in [-0.2, -0.15) is 11.8 Å². The Hall–Kier alpha value is -2.52. The summed E-state index contributed by atoms with van der Waals surface area (Å²) in [4.78, 5) is 36.5. The van der Waals surface area contributed by atoms with Crippen molar-refractivity contribution in [1.29, 1.82) is 0 Å². The number of amides is 2. The van der Waals surface area contributed by atoms with E-state index in [0.717, 1.165) is 0 Å². The maximum atomic E-state index is 12.7. The Morgan fingerprint density at radius 1 is 1.21 bits per heavy atom. The van der Waals surface area contributed by atoms with Crippen LogP contribution in [0.25, 0.3) is 6.08 Å². The van der Waals surface area contributed by atoms with Crippen LogP contribution in [0.15, 0.2) is 57.2 Å². The molecule has 7 nitrogen and oxygen atoms in total. The minimum Gasteiger partial charge on any atom is -0.480 e. The van der Waals surface area contributed by atoms with Crippen LogP contribution in [0.2, 0.25) is 0 Å². The Morgan fingerprint density at radius 3 is 2.50 bits per heavy atom. The molecule has 0 saturated heterocycles. The summed E-state index contributed by atoms with van der Waals surface area (Å²) in [6.45, 7) is 0. The fourth-order valence-corrected chi connectivity index (χ4v) is 3.00. The summed E-state index contributed by atoms with van der Waals surface area (Å²) in [5.41, 5.74) is 0.587. The molecule has 2 rings (SSSR count). The van der Waals surface area contributed by atoms with Gasteiger partial charge in [-0.3, -0.25) is 9.59 Å². The fraction of sp³-hybridized carbons (Fsp3) is 0.211. The van der Waals surface area contributed by atoms with Crippen molar-refractivity contribution >= 4 is 51.6 Å². The van der Waals surface area contributed by atoms with Crippen LogP contribution >= 0.6 is 27.7 Å². The molecule has 9 heteroatoms. The number of nitrogens with one attached hydrogen (secondary N) is 2. The van der Waals surface area contributed by atoms with Crippen LogP contribution in [-0.4, -0.2) is 40.9 Å². The molecule has 1 heterocycles. The summed E-state index contributed by atoms with van der Waals surface area (Å²) >= 11 is 4.59. The molecule has 0 saturated carbocycles. The molecule has 0 radical (unpaired) electrons. The van der Waals surface area contributed by atoms with Gasteiger partial charge in [0.2, 0.25) is 0 Å². The van der Waals surface area contributed by atoms with E-state index in [0.29, 0.717) is 16.0 Å². The fourth-order valence-electron chi connectivity index (χ4n) is 2.22. The zero-order valence-electron chi connectivity index (χ0n) is 15.0. The summed E-state index contributed by atoms with van der Waals surface area (Å²) in [6, 6.07) is 10.8. The second-order valence-corrected chi connectivity index (χ2v) is 7.44. The van der Waals surface area contributed by atoms with Gasteiger partial charge in [-0.05, 0) is 58.1 Å². The third-order valence-corrected chi connectivity index (χ3v) is 4.68. The van der Waals surface area contributed by atoms with Crippen LogP contribution < -0.4 is 10.6 Å². The number of aliphatic carboxylic acids is 1. The molecule has 0 fully saturated rings. The summed E-state index contributed by atoms with van der Waals surface area (Å²) in [7, 11) is 0. The highest BCUT2D eigenvalue weighted by Crippen LogP contribution is 2.15. The van der Waals surface area contributed by atoms with E-state index in [1.807, 2.05) is 12.3 Å². The van der Waals surface area contributed by atoms with Gasteiger partial charge in [-0.1, -0.05) is 30.3 Å². The molecule has 0 aliphatic carbocycles. The number of carboxylic acids is 1. The van der Waals surface area contributed by atoms with E-state index in [-0.39, 0.29) is 17.9 Å². The number of hydrogen-bond donors (Lipinski definition) is 3. The smallest absolute Gasteiger partial charge is 0.326 e. The first-order valence-electron chi connectivity index (χ1n) is 8.26. The number of carboxylic acid groups (broad SMARTS) is 1. The number of thioether (sulfide) groups is 1. The highest BCUT2D eigenvalue weighted by molar-refractivity contribution is 9.10. The standard InChI is InChI=1S/C19H19BrN2O5S/c1-28-10-9-13(19(25)26)21-17(23)14(11-12-5-3-2-4-6-12)22-18(24)15-7-8-16(20)27-15/h2-8,11,13H,9-10H2,1H3,(H,21,23)(H,22,24)(H,25,26). The van der Waals surface area contributed by atoms with Crippen molar-refractivity contribution < 1.29 is 23.9 Å². The molecular weight excluding hydrogens is 448 g/mol. The Morgan fingerprint density at radius 2 is 1.93 bits per heavy atom. The quantitative estimate of drug-likeness (QED) is 0.489. The van der Waals surface area contributed by atoms with Crippen molar-refractivity contribution in [3.8, 4) is 0 Å². The molecule has 1 aromatic carbocycles. The predicted octanol–water partition coefficient (Wildman–Crippen LogP) is 3.14. The van der Waals surface area contributed by atoms with Crippen molar-refractivity contribution in [2.24, 2.45) is 0 Å². The minimum absolute atomic E-state index is 0.0100. The van der Waals surface area contributed by atoms with Crippen molar-refractivity contribution in [3.63, 3.8) is 0 Å². The van der Waals surface area contributed by atoms with Crippen molar-refractivity contribution in [2.45, 2.75) is 12.5 Å². The minimum atomic E-state index is -1.14. The van der Waals surface area contributed by atoms with Gasteiger partial charge >= 0.3 is 5.97 Å². The van der Waals surface area contributed by atoms with Gasteiger partial charge < -0.3 is 20.2 Å².